The summed E-state index contributed by atoms with van der Waals surface area (Å²) in [6.07, 6.45) is 3.29. The number of nitrogens with zero attached hydrogens (tertiary/aromatic N) is 4. The van der Waals surface area contributed by atoms with Crippen molar-refractivity contribution in [1.82, 2.24) is 20.1 Å². The Hall–Kier alpha value is -2.38. The van der Waals surface area contributed by atoms with Gasteiger partial charge in [0.1, 0.15) is 0 Å². The molecule has 0 aliphatic carbocycles. The molecule has 2 heterocycles. The zero-order valence-corrected chi connectivity index (χ0v) is 10.9. The Balaban J connectivity index is 1.94. The summed E-state index contributed by atoms with van der Waals surface area (Å²) in [4.78, 5) is 12.7. The Morgan fingerprint density at radius 1 is 1.25 bits per heavy atom. The summed E-state index contributed by atoms with van der Waals surface area (Å²) in [6.45, 7) is 0.335. The van der Waals surface area contributed by atoms with Crippen molar-refractivity contribution in [3.8, 4) is 11.5 Å². The third kappa shape index (κ3) is 2.36. The topological polar surface area (TPSA) is 100.0 Å². The first-order chi connectivity index (χ1) is 9.78. The van der Waals surface area contributed by atoms with Crippen LogP contribution in [0.1, 0.15) is 11.9 Å². The Labute approximate surface area is 114 Å². The molecule has 0 saturated heterocycles. The lowest BCUT2D eigenvalue weighted by molar-refractivity contribution is 0.177. The molecule has 0 aliphatic heterocycles. The monoisotopic (exact) mass is 271 g/mol. The molecule has 0 saturated carbocycles. The summed E-state index contributed by atoms with van der Waals surface area (Å²) in [5.74, 6) is 0.820. The van der Waals surface area contributed by atoms with Gasteiger partial charge in [-0.1, -0.05) is 5.16 Å². The summed E-state index contributed by atoms with van der Waals surface area (Å²) >= 11 is 0. The van der Waals surface area contributed by atoms with E-state index in [4.69, 9.17) is 15.0 Å². The van der Waals surface area contributed by atoms with Crippen LogP contribution in [0.4, 0.5) is 0 Å². The van der Waals surface area contributed by atoms with Crippen LogP contribution < -0.4 is 5.73 Å². The van der Waals surface area contributed by atoms with E-state index in [1.165, 1.54) is 0 Å². The zero-order chi connectivity index (χ0) is 13.9. The first-order valence-corrected chi connectivity index (χ1v) is 6.07. The maximum atomic E-state index is 5.86. The third-order valence-corrected chi connectivity index (χ3v) is 2.84. The summed E-state index contributed by atoms with van der Waals surface area (Å²) in [5, 5.41) is 3.86. The molecule has 20 heavy (non-hydrogen) atoms. The quantitative estimate of drug-likeness (QED) is 0.763. The van der Waals surface area contributed by atoms with Gasteiger partial charge in [0.2, 0.25) is 0 Å². The van der Waals surface area contributed by atoms with Crippen LogP contribution in [-0.4, -0.2) is 33.8 Å². The highest BCUT2D eigenvalue weighted by molar-refractivity contribution is 5.79. The van der Waals surface area contributed by atoms with Gasteiger partial charge in [-0.05, 0) is 18.2 Å². The largest absolute Gasteiger partial charge is 0.383 e. The van der Waals surface area contributed by atoms with E-state index in [9.17, 15) is 0 Å². The van der Waals surface area contributed by atoms with Crippen molar-refractivity contribution >= 4 is 11.0 Å². The second-order valence-electron chi connectivity index (χ2n) is 4.28. The van der Waals surface area contributed by atoms with Gasteiger partial charge in [0, 0.05) is 25.1 Å². The van der Waals surface area contributed by atoms with Crippen LogP contribution in [-0.2, 0) is 4.74 Å². The number of ether oxygens (including phenoxy) is 1. The number of nitrogens with two attached hydrogens (primary N) is 1. The molecule has 0 bridgehead atoms. The van der Waals surface area contributed by atoms with Crippen LogP contribution in [0.15, 0.2) is 35.1 Å². The Morgan fingerprint density at radius 2 is 2.05 bits per heavy atom. The van der Waals surface area contributed by atoms with Crippen molar-refractivity contribution in [1.29, 1.82) is 0 Å². The Bertz CT molecular complexity index is 727. The van der Waals surface area contributed by atoms with Crippen LogP contribution in [0, 0.1) is 0 Å². The van der Waals surface area contributed by atoms with Crippen molar-refractivity contribution < 1.29 is 9.26 Å². The standard InChI is InChI=1S/C13H13N5O2/c1-19-7-9(14)12-17-13(20-18-12)8-2-3-10-11(6-8)16-5-4-15-10/h2-6,9H,7,14H2,1H3. The molecule has 3 rings (SSSR count). The first kappa shape index (κ1) is 12.6. The van der Waals surface area contributed by atoms with Gasteiger partial charge in [-0.15, -0.1) is 0 Å². The van der Waals surface area contributed by atoms with E-state index in [0.29, 0.717) is 18.3 Å². The van der Waals surface area contributed by atoms with Gasteiger partial charge >= 0.3 is 0 Å². The van der Waals surface area contributed by atoms with E-state index in [-0.39, 0.29) is 0 Å². The van der Waals surface area contributed by atoms with Gasteiger partial charge in [0.25, 0.3) is 5.89 Å². The van der Waals surface area contributed by atoms with Gasteiger partial charge < -0.3 is 15.0 Å². The lowest BCUT2D eigenvalue weighted by Gasteiger charge is -2.03. The van der Waals surface area contributed by atoms with Crippen molar-refractivity contribution in [3.63, 3.8) is 0 Å². The average molecular weight is 271 g/mol. The second kappa shape index (κ2) is 5.32. The molecule has 0 radical (unpaired) electrons. The van der Waals surface area contributed by atoms with Gasteiger partial charge in [-0.25, -0.2) is 0 Å². The molecule has 0 amide bonds. The molecule has 7 heteroatoms. The van der Waals surface area contributed by atoms with Crippen LogP contribution in [0.5, 0.6) is 0 Å². The number of methoxy groups -OCH3 is 1. The van der Waals surface area contributed by atoms with Gasteiger partial charge in [0.05, 0.1) is 23.7 Å². The summed E-state index contributed by atoms with van der Waals surface area (Å²) in [5.41, 5.74) is 8.22. The molecule has 2 aromatic heterocycles. The van der Waals surface area contributed by atoms with E-state index in [2.05, 4.69) is 20.1 Å². The molecule has 1 aromatic carbocycles. The summed E-state index contributed by atoms with van der Waals surface area (Å²) in [7, 11) is 1.57. The lowest BCUT2D eigenvalue weighted by atomic mass is 10.2. The van der Waals surface area contributed by atoms with E-state index in [1.54, 1.807) is 19.5 Å². The fourth-order valence-electron chi connectivity index (χ4n) is 1.85. The SMILES string of the molecule is COCC(N)c1noc(-c2ccc3nccnc3c2)n1. The predicted octanol–water partition coefficient (Wildman–Crippen LogP) is 1.33. The molecule has 3 aromatic rings. The molecule has 0 aliphatic rings. The molecule has 0 fully saturated rings. The molecule has 1 unspecified atom stereocenters. The maximum Gasteiger partial charge on any atom is 0.258 e. The molecule has 7 nitrogen and oxygen atoms in total. The van der Waals surface area contributed by atoms with Crippen molar-refractivity contribution in [2.24, 2.45) is 5.73 Å². The minimum atomic E-state index is -0.405. The third-order valence-electron chi connectivity index (χ3n) is 2.84. The minimum Gasteiger partial charge on any atom is -0.383 e. The molecule has 1 atom stereocenters. The van der Waals surface area contributed by atoms with Crippen LogP contribution >= 0.6 is 0 Å². The molecular weight excluding hydrogens is 258 g/mol. The number of hydrogen-bond donors (Lipinski definition) is 1. The molecule has 0 spiro atoms. The lowest BCUT2D eigenvalue weighted by Crippen LogP contribution is -2.17. The normalized spacial score (nSPS) is 12.7. The number of fused-ring (bicyclic) bond motifs is 1. The Kier molecular flexibility index (Phi) is 3.36. The zero-order valence-electron chi connectivity index (χ0n) is 10.9. The van der Waals surface area contributed by atoms with Crippen LogP contribution in [0.2, 0.25) is 0 Å². The fourth-order valence-corrected chi connectivity index (χ4v) is 1.85. The van der Waals surface area contributed by atoms with Crippen molar-refractivity contribution in [2.45, 2.75) is 6.04 Å². The van der Waals surface area contributed by atoms with Crippen molar-refractivity contribution in [3.05, 3.63) is 36.4 Å². The first-order valence-electron chi connectivity index (χ1n) is 6.07. The highest BCUT2D eigenvalue weighted by atomic mass is 16.5. The summed E-state index contributed by atoms with van der Waals surface area (Å²) in [6, 6.07) is 5.16. The van der Waals surface area contributed by atoms with Crippen LogP contribution in [0.3, 0.4) is 0 Å². The minimum absolute atomic E-state index is 0.335. The highest BCUT2D eigenvalue weighted by Crippen LogP contribution is 2.21. The Morgan fingerprint density at radius 3 is 2.85 bits per heavy atom. The highest BCUT2D eigenvalue weighted by Gasteiger charge is 2.15. The number of benzene rings is 1. The number of aromatic nitrogens is 4. The second-order valence-corrected chi connectivity index (χ2v) is 4.28. The fraction of sp³-hybridized carbons (Fsp3) is 0.231. The van der Waals surface area contributed by atoms with Crippen LogP contribution in [0.25, 0.3) is 22.5 Å². The number of hydrogen-bond acceptors (Lipinski definition) is 7. The number of rotatable bonds is 4. The van der Waals surface area contributed by atoms with E-state index in [0.717, 1.165) is 16.6 Å². The summed E-state index contributed by atoms with van der Waals surface area (Å²) < 4.78 is 10.2. The van der Waals surface area contributed by atoms with Gasteiger partial charge in [0.15, 0.2) is 5.82 Å². The van der Waals surface area contributed by atoms with E-state index >= 15 is 0 Å². The molecule has 102 valence electrons. The van der Waals surface area contributed by atoms with Gasteiger partial charge in [-0.3, -0.25) is 9.97 Å². The molecule has 2 N–H and O–H groups in total. The van der Waals surface area contributed by atoms with E-state index in [1.807, 2.05) is 18.2 Å². The average Bonchev–Trinajstić information content (AvgIpc) is 2.97. The van der Waals surface area contributed by atoms with E-state index < -0.39 is 6.04 Å². The smallest absolute Gasteiger partial charge is 0.258 e. The molecular formula is C13H13N5O2. The van der Waals surface area contributed by atoms with Gasteiger partial charge in [-0.2, -0.15) is 4.98 Å². The maximum absolute atomic E-state index is 5.86. The predicted molar refractivity (Wildman–Crippen MR) is 71.6 cm³/mol. The van der Waals surface area contributed by atoms with Crippen molar-refractivity contribution in [2.75, 3.05) is 13.7 Å².